The van der Waals surface area contributed by atoms with Crippen molar-refractivity contribution in [1.82, 2.24) is 0 Å². The van der Waals surface area contributed by atoms with Crippen LogP contribution in [0.2, 0.25) is 0 Å². The highest BCUT2D eigenvalue weighted by molar-refractivity contribution is 5.31. The fraction of sp³-hybridized carbons (Fsp3) is 0.600. The summed E-state index contributed by atoms with van der Waals surface area (Å²) in [6, 6.07) is 8.34. The number of aliphatic hydroxyl groups excluding tert-OH is 1. The van der Waals surface area contributed by atoms with Gasteiger partial charge in [0.15, 0.2) is 0 Å². The molecule has 1 aliphatic carbocycles. The van der Waals surface area contributed by atoms with E-state index in [9.17, 15) is 5.11 Å². The summed E-state index contributed by atoms with van der Waals surface area (Å²) in [5.74, 6) is 1.21. The van der Waals surface area contributed by atoms with Crippen LogP contribution in [0, 0.1) is 11.8 Å². The number of aryl methyl sites for hydroxylation is 1. The topological polar surface area (TPSA) is 20.2 Å². The second-order valence-electron chi connectivity index (χ2n) is 5.41. The van der Waals surface area contributed by atoms with Gasteiger partial charge in [0.2, 0.25) is 0 Å². The van der Waals surface area contributed by atoms with Crippen LogP contribution in [0.25, 0.3) is 0 Å². The summed E-state index contributed by atoms with van der Waals surface area (Å²) in [4.78, 5) is 0. The average molecular weight is 218 g/mol. The fourth-order valence-electron chi connectivity index (χ4n) is 2.65. The SMILES string of the molecule is CC(C)CCC1CCc2ccccc2C1O. The Balaban J connectivity index is 2.06. The largest absolute Gasteiger partial charge is 0.388 e. The van der Waals surface area contributed by atoms with Crippen molar-refractivity contribution in [3.05, 3.63) is 35.4 Å². The summed E-state index contributed by atoms with van der Waals surface area (Å²) in [6.07, 6.45) is 4.43. The smallest absolute Gasteiger partial charge is 0.0820 e. The highest BCUT2D eigenvalue weighted by Crippen LogP contribution is 2.37. The van der Waals surface area contributed by atoms with E-state index in [1.54, 1.807) is 0 Å². The number of benzene rings is 1. The van der Waals surface area contributed by atoms with Gasteiger partial charge >= 0.3 is 0 Å². The van der Waals surface area contributed by atoms with Gasteiger partial charge in [0.1, 0.15) is 0 Å². The van der Waals surface area contributed by atoms with E-state index in [1.807, 2.05) is 6.07 Å². The van der Waals surface area contributed by atoms with E-state index in [4.69, 9.17) is 0 Å². The summed E-state index contributed by atoms with van der Waals surface area (Å²) in [5, 5.41) is 10.3. The lowest BCUT2D eigenvalue weighted by molar-refractivity contribution is 0.0852. The van der Waals surface area contributed by atoms with Crippen molar-refractivity contribution < 1.29 is 5.11 Å². The van der Waals surface area contributed by atoms with Crippen molar-refractivity contribution in [3.8, 4) is 0 Å². The fourth-order valence-corrected chi connectivity index (χ4v) is 2.65. The molecule has 2 rings (SSSR count). The number of fused-ring (bicyclic) bond motifs is 1. The molecule has 1 aromatic carbocycles. The molecule has 0 saturated carbocycles. The first kappa shape index (κ1) is 11.7. The minimum absolute atomic E-state index is 0.233. The lowest BCUT2D eigenvalue weighted by atomic mass is 9.78. The molecule has 0 heterocycles. The molecule has 0 saturated heterocycles. The maximum atomic E-state index is 10.3. The van der Waals surface area contributed by atoms with Crippen LogP contribution in [0.15, 0.2) is 24.3 Å². The molecule has 2 atom stereocenters. The summed E-state index contributed by atoms with van der Waals surface area (Å²) in [5.41, 5.74) is 2.51. The van der Waals surface area contributed by atoms with Gasteiger partial charge in [0.25, 0.3) is 0 Å². The van der Waals surface area contributed by atoms with Crippen LogP contribution in [-0.4, -0.2) is 5.11 Å². The third-order valence-electron chi connectivity index (χ3n) is 3.72. The zero-order valence-electron chi connectivity index (χ0n) is 10.3. The lowest BCUT2D eigenvalue weighted by Gasteiger charge is -2.30. The predicted octanol–water partition coefficient (Wildman–Crippen LogP) is 3.72. The second kappa shape index (κ2) is 5.01. The van der Waals surface area contributed by atoms with Gasteiger partial charge < -0.3 is 5.11 Å². The minimum Gasteiger partial charge on any atom is -0.388 e. The summed E-state index contributed by atoms with van der Waals surface area (Å²) < 4.78 is 0. The Morgan fingerprint density at radius 3 is 2.81 bits per heavy atom. The second-order valence-corrected chi connectivity index (χ2v) is 5.41. The van der Waals surface area contributed by atoms with E-state index in [0.717, 1.165) is 25.2 Å². The Morgan fingerprint density at radius 1 is 1.31 bits per heavy atom. The molecular weight excluding hydrogens is 196 g/mol. The van der Waals surface area contributed by atoms with E-state index in [1.165, 1.54) is 17.5 Å². The summed E-state index contributed by atoms with van der Waals surface area (Å²) in [6.45, 7) is 4.51. The van der Waals surface area contributed by atoms with Gasteiger partial charge in [0, 0.05) is 0 Å². The molecule has 0 aromatic heterocycles. The van der Waals surface area contributed by atoms with Crippen molar-refractivity contribution in [2.75, 3.05) is 0 Å². The summed E-state index contributed by atoms with van der Waals surface area (Å²) in [7, 11) is 0. The highest BCUT2D eigenvalue weighted by Gasteiger charge is 2.27. The molecular formula is C15H22O. The van der Waals surface area contributed by atoms with Crippen LogP contribution >= 0.6 is 0 Å². The van der Waals surface area contributed by atoms with Gasteiger partial charge in [-0.2, -0.15) is 0 Å². The molecule has 1 heteroatoms. The van der Waals surface area contributed by atoms with Crippen LogP contribution < -0.4 is 0 Å². The Morgan fingerprint density at radius 2 is 2.06 bits per heavy atom. The number of rotatable bonds is 3. The number of aliphatic hydroxyl groups is 1. The van der Waals surface area contributed by atoms with Crippen molar-refractivity contribution in [2.45, 2.75) is 45.6 Å². The first-order valence-electron chi connectivity index (χ1n) is 6.44. The van der Waals surface area contributed by atoms with Crippen molar-refractivity contribution in [2.24, 2.45) is 11.8 Å². The molecule has 88 valence electrons. The average Bonchev–Trinajstić information content (AvgIpc) is 2.28. The third kappa shape index (κ3) is 2.46. The third-order valence-corrected chi connectivity index (χ3v) is 3.72. The molecule has 0 spiro atoms. The van der Waals surface area contributed by atoms with Crippen LogP contribution in [0.3, 0.4) is 0 Å². The Labute approximate surface area is 98.5 Å². The van der Waals surface area contributed by atoms with E-state index in [-0.39, 0.29) is 6.10 Å². The van der Waals surface area contributed by atoms with Crippen molar-refractivity contribution in [3.63, 3.8) is 0 Å². The molecule has 0 radical (unpaired) electrons. The Kier molecular flexibility index (Phi) is 3.65. The minimum atomic E-state index is -0.233. The van der Waals surface area contributed by atoms with E-state index >= 15 is 0 Å². The van der Waals surface area contributed by atoms with Gasteiger partial charge in [-0.15, -0.1) is 0 Å². The predicted molar refractivity (Wildman–Crippen MR) is 67.3 cm³/mol. The zero-order valence-corrected chi connectivity index (χ0v) is 10.3. The Hall–Kier alpha value is -0.820. The van der Waals surface area contributed by atoms with Gasteiger partial charge in [0.05, 0.1) is 6.10 Å². The normalized spacial score (nSPS) is 24.5. The van der Waals surface area contributed by atoms with Crippen LogP contribution in [0.5, 0.6) is 0 Å². The van der Waals surface area contributed by atoms with Gasteiger partial charge in [-0.25, -0.2) is 0 Å². The maximum absolute atomic E-state index is 10.3. The van der Waals surface area contributed by atoms with Crippen LogP contribution in [0.4, 0.5) is 0 Å². The monoisotopic (exact) mass is 218 g/mol. The highest BCUT2D eigenvalue weighted by atomic mass is 16.3. The van der Waals surface area contributed by atoms with Crippen molar-refractivity contribution in [1.29, 1.82) is 0 Å². The Bertz CT molecular complexity index is 343. The molecule has 1 nitrogen and oxygen atoms in total. The molecule has 1 N–H and O–H groups in total. The number of hydrogen-bond acceptors (Lipinski definition) is 1. The first-order valence-corrected chi connectivity index (χ1v) is 6.44. The van der Waals surface area contributed by atoms with Gasteiger partial charge in [-0.3, -0.25) is 0 Å². The van der Waals surface area contributed by atoms with Gasteiger partial charge in [-0.1, -0.05) is 44.5 Å². The summed E-state index contributed by atoms with van der Waals surface area (Å²) >= 11 is 0. The molecule has 1 aliphatic rings. The van der Waals surface area contributed by atoms with Crippen LogP contribution in [0.1, 0.15) is 50.3 Å². The van der Waals surface area contributed by atoms with E-state index in [0.29, 0.717) is 5.92 Å². The molecule has 1 aromatic rings. The van der Waals surface area contributed by atoms with Crippen molar-refractivity contribution >= 4 is 0 Å². The number of hydrogen-bond donors (Lipinski definition) is 1. The molecule has 0 fully saturated rings. The molecule has 0 amide bonds. The maximum Gasteiger partial charge on any atom is 0.0820 e. The van der Waals surface area contributed by atoms with Gasteiger partial charge in [-0.05, 0) is 42.2 Å². The van der Waals surface area contributed by atoms with Crippen LogP contribution in [-0.2, 0) is 6.42 Å². The standard InChI is InChI=1S/C15H22O/c1-11(2)7-8-13-10-9-12-5-3-4-6-14(12)15(13)16/h3-6,11,13,15-16H,7-10H2,1-2H3. The molecule has 2 unspecified atom stereocenters. The molecule has 0 aliphatic heterocycles. The quantitative estimate of drug-likeness (QED) is 0.819. The van der Waals surface area contributed by atoms with E-state index in [2.05, 4.69) is 32.0 Å². The molecule has 0 bridgehead atoms. The van der Waals surface area contributed by atoms with E-state index < -0.39 is 0 Å². The first-order chi connectivity index (χ1) is 7.68. The zero-order chi connectivity index (χ0) is 11.5. The molecule has 16 heavy (non-hydrogen) atoms. The lowest BCUT2D eigenvalue weighted by Crippen LogP contribution is -2.20.